The maximum Gasteiger partial charge on any atom is 0.230 e. The Morgan fingerprint density at radius 3 is 2.54 bits per heavy atom. The molecule has 0 saturated carbocycles. The number of hydrogen-bond donors (Lipinski definition) is 0. The van der Waals surface area contributed by atoms with Crippen molar-refractivity contribution in [2.75, 3.05) is 46.3 Å². The molecule has 2 heterocycles. The third kappa shape index (κ3) is 3.95. The van der Waals surface area contributed by atoms with Crippen molar-refractivity contribution in [1.29, 1.82) is 0 Å². The van der Waals surface area contributed by atoms with E-state index in [1.165, 1.54) is 0 Å². The second kappa shape index (κ2) is 8.31. The van der Waals surface area contributed by atoms with Crippen LogP contribution in [0.2, 0.25) is 10.0 Å². The van der Waals surface area contributed by atoms with E-state index in [1.807, 2.05) is 4.90 Å². The minimum Gasteiger partial charge on any atom is -0.338 e. The summed E-state index contributed by atoms with van der Waals surface area (Å²) in [5.41, 5.74) is 1.30. The van der Waals surface area contributed by atoms with Crippen LogP contribution >= 0.6 is 23.2 Å². The normalized spacial score (nSPS) is 26.5. The van der Waals surface area contributed by atoms with Gasteiger partial charge in [-0.1, -0.05) is 23.2 Å². The zero-order chi connectivity index (χ0) is 19.8. The molecule has 4 rings (SSSR count). The summed E-state index contributed by atoms with van der Waals surface area (Å²) in [5, 5.41) is 0.772. The number of Topliss-reactive ketones (excluding diaryl/α,β-unsaturated/α-hetero) is 1. The van der Waals surface area contributed by atoms with Crippen LogP contribution in [0.3, 0.4) is 0 Å². The number of nitrogens with zero attached hydrogens (tertiary/aromatic N) is 3. The fourth-order valence-corrected chi connectivity index (χ4v) is 5.06. The highest BCUT2D eigenvalue weighted by molar-refractivity contribution is 6.42. The summed E-state index contributed by atoms with van der Waals surface area (Å²) < 4.78 is 0. The van der Waals surface area contributed by atoms with Gasteiger partial charge in [-0.3, -0.25) is 14.5 Å². The first-order valence-corrected chi connectivity index (χ1v) is 10.9. The molecular weight excluding hydrogens is 397 g/mol. The highest BCUT2D eigenvalue weighted by Crippen LogP contribution is 2.39. The molecule has 1 amide bonds. The Morgan fingerprint density at radius 1 is 1.07 bits per heavy atom. The number of rotatable bonds is 3. The van der Waals surface area contributed by atoms with E-state index < -0.39 is 5.92 Å². The Morgan fingerprint density at radius 2 is 1.79 bits per heavy atom. The lowest BCUT2D eigenvalue weighted by molar-refractivity contribution is -0.137. The first kappa shape index (κ1) is 20.1. The number of piperazine rings is 1. The molecule has 1 aromatic rings. The molecule has 0 bridgehead atoms. The Balaban J connectivity index is 1.52. The van der Waals surface area contributed by atoms with Gasteiger partial charge in [0.05, 0.1) is 16.0 Å². The summed E-state index contributed by atoms with van der Waals surface area (Å²) in [6.45, 7) is 5.95. The molecule has 1 aromatic carbocycles. The molecule has 5 nitrogen and oxygen atoms in total. The monoisotopic (exact) mass is 423 g/mol. The van der Waals surface area contributed by atoms with Crippen molar-refractivity contribution in [3.8, 4) is 0 Å². The molecule has 152 valence electrons. The fraction of sp³-hybridized carbons (Fsp3) is 0.619. The number of carbonyl (C=O) groups is 2. The number of halogens is 2. The lowest BCUT2D eigenvalue weighted by Crippen LogP contribution is -2.54. The minimum absolute atomic E-state index is 0.0143. The number of amides is 1. The van der Waals surface area contributed by atoms with Gasteiger partial charge in [0.15, 0.2) is 5.78 Å². The molecular formula is C21H27Cl2N3O2. The second-order valence-corrected chi connectivity index (χ2v) is 9.13. The fourth-order valence-electron chi connectivity index (χ4n) is 4.73. The highest BCUT2D eigenvalue weighted by Gasteiger charge is 2.40. The number of benzene rings is 1. The molecule has 2 atom stereocenters. The van der Waals surface area contributed by atoms with Crippen LogP contribution in [0, 0.1) is 0 Å². The third-order valence-corrected chi connectivity index (χ3v) is 7.15. The molecule has 0 N–H and O–H groups in total. The quantitative estimate of drug-likeness (QED) is 0.747. The third-order valence-electron chi connectivity index (χ3n) is 6.43. The Kier molecular flexibility index (Phi) is 5.98. The van der Waals surface area contributed by atoms with E-state index in [0.29, 0.717) is 15.6 Å². The average Bonchev–Trinajstić information content (AvgIpc) is 3.00. The molecule has 2 aliphatic heterocycles. The zero-order valence-corrected chi connectivity index (χ0v) is 17.8. The number of likely N-dealkylation sites (tertiary alicyclic amines) is 1. The van der Waals surface area contributed by atoms with Crippen LogP contribution in [0.4, 0.5) is 0 Å². The van der Waals surface area contributed by atoms with Gasteiger partial charge in [0.1, 0.15) is 0 Å². The van der Waals surface area contributed by atoms with E-state index in [2.05, 4.69) is 16.8 Å². The van der Waals surface area contributed by atoms with E-state index in [4.69, 9.17) is 23.2 Å². The van der Waals surface area contributed by atoms with Crippen LogP contribution in [-0.4, -0.2) is 78.7 Å². The predicted octanol–water partition coefficient (Wildman–Crippen LogP) is 3.29. The first-order chi connectivity index (χ1) is 13.4. The largest absolute Gasteiger partial charge is 0.338 e. The van der Waals surface area contributed by atoms with Crippen LogP contribution < -0.4 is 0 Å². The van der Waals surface area contributed by atoms with Crippen molar-refractivity contribution in [3.05, 3.63) is 33.3 Å². The van der Waals surface area contributed by atoms with Gasteiger partial charge in [0, 0.05) is 57.3 Å². The molecule has 0 aromatic heterocycles. The van der Waals surface area contributed by atoms with Crippen molar-refractivity contribution < 1.29 is 9.59 Å². The molecule has 7 heteroatoms. The highest BCUT2D eigenvalue weighted by atomic mass is 35.5. The van der Waals surface area contributed by atoms with E-state index >= 15 is 0 Å². The number of fused-ring (bicyclic) bond motifs is 1. The van der Waals surface area contributed by atoms with Crippen LogP contribution in [0.1, 0.15) is 47.5 Å². The predicted molar refractivity (Wildman–Crippen MR) is 111 cm³/mol. The van der Waals surface area contributed by atoms with Gasteiger partial charge < -0.3 is 9.80 Å². The van der Waals surface area contributed by atoms with Crippen molar-refractivity contribution in [2.24, 2.45) is 0 Å². The molecule has 2 saturated heterocycles. The number of carbonyl (C=O) groups excluding carboxylic acids is 2. The standard InChI is InChI=1S/C21H27Cl2N3O2/c1-24-6-8-25(9-7-24)13-14-4-2-3-5-26(14)21(28)17-12-20(27)16-11-19(23)18(22)10-15(16)17/h10-11,14,17H,2-9,12-13H2,1H3. The molecule has 28 heavy (non-hydrogen) atoms. The van der Waals surface area contributed by atoms with Gasteiger partial charge in [0.2, 0.25) is 5.91 Å². The Bertz CT molecular complexity index is 777. The van der Waals surface area contributed by atoms with Gasteiger partial charge in [-0.15, -0.1) is 0 Å². The maximum atomic E-state index is 13.5. The number of likely N-dealkylation sites (N-methyl/N-ethyl adjacent to an activating group) is 1. The van der Waals surface area contributed by atoms with Gasteiger partial charge in [-0.2, -0.15) is 0 Å². The van der Waals surface area contributed by atoms with Gasteiger partial charge >= 0.3 is 0 Å². The topological polar surface area (TPSA) is 43.9 Å². The van der Waals surface area contributed by atoms with Crippen molar-refractivity contribution in [1.82, 2.24) is 14.7 Å². The summed E-state index contributed by atoms with van der Waals surface area (Å²) in [4.78, 5) is 32.8. The summed E-state index contributed by atoms with van der Waals surface area (Å²) in [7, 11) is 2.15. The van der Waals surface area contributed by atoms with Crippen LogP contribution in [-0.2, 0) is 4.79 Å². The van der Waals surface area contributed by atoms with E-state index in [9.17, 15) is 9.59 Å². The second-order valence-electron chi connectivity index (χ2n) is 8.32. The minimum atomic E-state index is -0.426. The number of piperidine rings is 1. The number of hydrogen-bond acceptors (Lipinski definition) is 4. The van der Waals surface area contributed by atoms with Crippen LogP contribution in [0.25, 0.3) is 0 Å². The smallest absolute Gasteiger partial charge is 0.230 e. The van der Waals surface area contributed by atoms with E-state index in [-0.39, 0.29) is 24.2 Å². The van der Waals surface area contributed by atoms with Gasteiger partial charge in [-0.05, 0) is 44.0 Å². The molecule has 0 radical (unpaired) electrons. The molecule has 2 fully saturated rings. The van der Waals surface area contributed by atoms with Crippen molar-refractivity contribution >= 4 is 34.9 Å². The molecule has 3 aliphatic rings. The lowest BCUT2D eigenvalue weighted by Gasteiger charge is -2.41. The van der Waals surface area contributed by atoms with Crippen molar-refractivity contribution in [2.45, 2.75) is 37.6 Å². The van der Waals surface area contributed by atoms with E-state index in [1.54, 1.807) is 12.1 Å². The zero-order valence-electron chi connectivity index (χ0n) is 16.3. The Labute approximate surface area is 176 Å². The van der Waals surface area contributed by atoms with Crippen LogP contribution in [0.5, 0.6) is 0 Å². The maximum absolute atomic E-state index is 13.5. The first-order valence-electron chi connectivity index (χ1n) is 10.2. The molecule has 0 spiro atoms. The summed E-state index contributed by atoms with van der Waals surface area (Å²) in [6.07, 6.45) is 3.44. The summed E-state index contributed by atoms with van der Waals surface area (Å²) in [5.74, 6) is -0.366. The Hall–Kier alpha value is -1.14. The summed E-state index contributed by atoms with van der Waals surface area (Å²) in [6, 6.07) is 3.56. The average molecular weight is 424 g/mol. The van der Waals surface area contributed by atoms with Crippen LogP contribution in [0.15, 0.2) is 12.1 Å². The van der Waals surface area contributed by atoms with Gasteiger partial charge in [0.25, 0.3) is 0 Å². The summed E-state index contributed by atoms with van der Waals surface area (Å²) >= 11 is 12.3. The number of ketones is 1. The molecule has 1 aliphatic carbocycles. The molecule has 2 unspecified atom stereocenters. The van der Waals surface area contributed by atoms with Gasteiger partial charge in [-0.25, -0.2) is 0 Å². The lowest BCUT2D eigenvalue weighted by atomic mass is 9.95. The SMILES string of the molecule is CN1CCN(CC2CCCCN2C(=O)C2CC(=O)c3cc(Cl)c(Cl)cc32)CC1. The van der Waals surface area contributed by atoms with E-state index in [0.717, 1.165) is 64.1 Å². The van der Waals surface area contributed by atoms with Crippen molar-refractivity contribution in [3.63, 3.8) is 0 Å².